The van der Waals surface area contributed by atoms with Gasteiger partial charge in [-0.25, -0.2) is 0 Å². The molecule has 0 heterocycles. The Morgan fingerprint density at radius 2 is 2.17 bits per heavy atom. The van der Waals surface area contributed by atoms with Gasteiger partial charge in [0.15, 0.2) is 0 Å². The van der Waals surface area contributed by atoms with Crippen LogP contribution >= 0.6 is 0 Å². The quantitative estimate of drug-likeness (QED) is 0.733. The van der Waals surface area contributed by atoms with E-state index < -0.39 is 0 Å². The van der Waals surface area contributed by atoms with Crippen LogP contribution in [0.3, 0.4) is 0 Å². The predicted octanol–water partition coefficient (Wildman–Crippen LogP) is 4.54. The summed E-state index contributed by atoms with van der Waals surface area (Å²) >= 11 is 0. The van der Waals surface area contributed by atoms with Crippen molar-refractivity contribution in [2.24, 2.45) is 0 Å². The Bertz CT molecular complexity index is 573. The van der Waals surface area contributed by atoms with Crippen molar-refractivity contribution in [3.63, 3.8) is 0 Å². The average Bonchev–Trinajstić information content (AvgIpc) is 3.11. The number of hydrogen-bond acceptors (Lipinski definition) is 2. The van der Waals surface area contributed by atoms with Crippen molar-refractivity contribution in [1.29, 1.82) is 0 Å². The van der Waals surface area contributed by atoms with Crippen LogP contribution in [0.25, 0.3) is 0 Å². The predicted molar refractivity (Wildman–Crippen MR) is 97.1 cm³/mol. The van der Waals surface area contributed by atoms with Gasteiger partial charge in [-0.05, 0) is 62.3 Å². The Labute approximate surface area is 140 Å². The van der Waals surface area contributed by atoms with Gasteiger partial charge in [-0.15, -0.1) is 0 Å². The molecule has 1 aromatic carbocycles. The monoisotopic (exact) mass is 311 g/mol. The van der Waals surface area contributed by atoms with Gasteiger partial charge in [-0.1, -0.05) is 42.9 Å². The zero-order chi connectivity index (χ0) is 16.1. The number of aryl methyl sites for hydroxylation is 1. The summed E-state index contributed by atoms with van der Waals surface area (Å²) in [7, 11) is 1.79. The normalized spacial score (nSPS) is 19.8. The van der Waals surface area contributed by atoms with Crippen molar-refractivity contribution >= 4 is 0 Å². The second-order valence-corrected chi connectivity index (χ2v) is 6.74. The maximum atomic E-state index is 5.61. The van der Waals surface area contributed by atoms with Gasteiger partial charge in [0.25, 0.3) is 0 Å². The molecule has 23 heavy (non-hydrogen) atoms. The highest BCUT2D eigenvalue weighted by atomic mass is 16.5. The van der Waals surface area contributed by atoms with Crippen LogP contribution in [0.5, 0.6) is 5.75 Å². The molecule has 0 aromatic heterocycles. The molecule has 0 amide bonds. The number of nitrogens with zero attached hydrogens (tertiary/aromatic N) is 1. The summed E-state index contributed by atoms with van der Waals surface area (Å²) in [5.74, 6) is 1.08. The lowest BCUT2D eigenvalue weighted by atomic mass is 9.86. The van der Waals surface area contributed by atoms with Crippen molar-refractivity contribution in [3.05, 3.63) is 53.1 Å². The molecule has 0 fully saturated rings. The van der Waals surface area contributed by atoms with Crippen molar-refractivity contribution < 1.29 is 4.74 Å². The van der Waals surface area contributed by atoms with Gasteiger partial charge in [0, 0.05) is 12.6 Å². The molecule has 2 nitrogen and oxygen atoms in total. The summed E-state index contributed by atoms with van der Waals surface area (Å²) in [6.45, 7) is 4.69. The zero-order valence-corrected chi connectivity index (χ0v) is 14.6. The maximum absolute atomic E-state index is 5.61. The summed E-state index contributed by atoms with van der Waals surface area (Å²) in [6, 6.07) is 7.17. The largest absolute Gasteiger partial charge is 0.496 e. The lowest BCUT2D eigenvalue weighted by Gasteiger charge is -2.35. The smallest absolute Gasteiger partial charge is 0.122 e. The van der Waals surface area contributed by atoms with Crippen LogP contribution in [-0.4, -0.2) is 31.1 Å². The van der Waals surface area contributed by atoms with E-state index >= 15 is 0 Å². The van der Waals surface area contributed by atoms with Crippen LogP contribution in [0.15, 0.2) is 42.0 Å². The van der Waals surface area contributed by atoms with E-state index in [0.717, 1.165) is 18.6 Å². The summed E-state index contributed by atoms with van der Waals surface area (Å²) in [5, 5.41) is 0. The van der Waals surface area contributed by atoms with Gasteiger partial charge in [0.05, 0.1) is 7.11 Å². The van der Waals surface area contributed by atoms with Gasteiger partial charge in [0.1, 0.15) is 5.75 Å². The molecule has 3 rings (SSSR count). The first-order valence-electron chi connectivity index (χ1n) is 9.05. The van der Waals surface area contributed by atoms with E-state index in [-0.39, 0.29) is 0 Å². The van der Waals surface area contributed by atoms with E-state index in [1.165, 1.54) is 49.9 Å². The molecular weight excluding hydrogens is 282 g/mol. The molecule has 0 radical (unpaired) electrons. The molecule has 124 valence electrons. The van der Waals surface area contributed by atoms with Crippen molar-refractivity contribution in [1.82, 2.24) is 4.90 Å². The van der Waals surface area contributed by atoms with Gasteiger partial charge >= 0.3 is 0 Å². The highest BCUT2D eigenvalue weighted by Gasteiger charge is 2.25. The van der Waals surface area contributed by atoms with Crippen LogP contribution in [0, 0.1) is 0 Å². The minimum atomic E-state index is 0.661. The van der Waals surface area contributed by atoms with Gasteiger partial charge < -0.3 is 4.74 Å². The van der Waals surface area contributed by atoms with Crippen LogP contribution in [0.2, 0.25) is 0 Å². The lowest BCUT2D eigenvalue weighted by Crippen LogP contribution is -2.40. The first kappa shape index (κ1) is 16.3. The third-order valence-electron chi connectivity index (χ3n) is 5.23. The third kappa shape index (κ3) is 3.87. The second-order valence-electron chi connectivity index (χ2n) is 6.74. The number of hydrogen-bond donors (Lipinski definition) is 0. The molecule has 1 atom stereocenters. The molecule has 0 N–H and O–H groups in total. The molecule has 0 saturated carbocycles. The van der Waals surface area contributed by atoms with E-state index in [4.69, 9.17) is 4.74 Å². The fourth-order valence-electron chi connectivity index (χ4n) is 3.97. The highest BCUT2D eigenvalue weighted by Crippen LogP contribution is 2.32. The number of fused-ring (bicyclic) bond motifs is 1. The van der Waals surface area contributed by atoms with E-state index in [1.54, 1.807) is 12.7 Å². The Morgan fingerprint density at radius 3 is 2.91 bits per heavy atom. The van der Waals surface area contributed by atoms with E-state index in [2.05, 4.69) is 48.3 Å². The molecular formula is C21H29NO. The van der Waals surface area contributed by atoms with E-state index in [9.17, 15) is 0 Å². The zero-order valence-electron chi connectivity index (χ0n) is 14.6. The average molecular weight is 311 g/mol. The maximum Gasteiger partial charge on any atom is 0.122 e. The summed E-state index contributed by atoms with van der Waals surface area (Å²) in [5.41, 5.74) is 4.51. The van der Waals surface area contributed by atoms with Crippen LogP contribution in [0.4, 0.5) is 0 Å². The SMILES string of the molecule is CCCN(CCC1=CC=CC1)C1CCc2cccc(OC)c2C1. The number of benzene rings is 1. The molecule has 0 bridgehead atoms. The third-order valence-corrected chi connectivity index (χ3v) is 5.23. The number of methoxy groups -OCH3 is 1. The fraction of sp³-hybridized carbons (Fsp3) is 0.524. The molecule has 2 heteroatoms. The van der Waals surface area contributed by atoms with Crippen molar-refractivity contribution in [2.45, 2.75) is 51.5 Å². The minimum absolute atomic E-state index is 0.661. The molecule has 1 unspecified atom stereocenters. The summed E-state index contributed by atoms with van der Waals surface area (Å²) in [4.78, 5) is 2.72. The minimum Gasteiger partial charge on any atom is -0.496 e. The standard InChI is InChI=1S/C21H29NO/c1-3-14-22(15-13-17-7-4-5-8-17)19-12-11-18-9-6-10-21(23-2)20(18)16-19/h4-7,9-10,19H,3,8,11-16H2,1-2H3. The van der Waals surface area contributed by atoms with Crippen molar-refractivity contribution in [2.75, 3.05) is 20.2 Å². The molecule has 2 aliphatic rings. The molecule has 0 saturated heterocycles. The van der Waals surface area contributed by atoms with Crippen LogP contribution in [0.1, 0.15) is 43.7 Å². The Hall–Kier alpha value is -1.54. The van der Waals surface area contributed by atoms with Crippen LogP contribution < -0.4 is 4.74 Å². The first-order chi connectivity index (χ1) is 11.3. The molecule has 0 aliphatic heterocycles. The van der Waals surface area contributed by atoms with Gasteiger partial charge in [0.2, 0.25) is 0 Å². The Balaban J connectivity index is 1.68. The van der Waals surface area contributed by atoms with E-state index in [1.807, 2.05) is 0 Å². The number of rotatable bonds is 7. The molecule has 2 aliphatic carbocycles. The van der Waals surface area contributed by atoms with E-state index in [0.29, 0.717) is 6.04 Å². The second kappa shape index (κ2) is 7.83. The summed E-state index contributed by atoms with van der Waals surface area (Å²) in [6.07, 6.45) is 13.9. The first-order valence-corrected chi connectivity index (χ1v) is 9.05. The fourth-order valence-corrected chi connectivity index (χ4v) is 3.97. The van der Waals surface area contributed by atoms with Crippen LogP contribution in [-0.2, 0) is 12.8 Å². The van der Waals surface area contributed by atoms with Gasteiger partial charge in [-0.2, -0.15) is 0 Å². The molecule has 0 spiro atoms. The van der Waals surface area contributed by atoms with Crippen molar-refractivity contribution in [3.8, 4) is 5.75 Å². The lowest BCUT2D eigenvalue weighted by molar-refractivity contribution is 0.180. The summed E-state index contributed by atoms with van der Waals surface area (Å²) < 4.78 is 5.61. The topological polar surface area (TPSA) is 12.5 Å². The number of ether oxygens (including phenoxy) is 1. The van der Waals surface area contributed by atoms with Gasteiger partial charge in [-0.3, -0.25) is 4.90 Å². The highest BCUT2D eigenvalue weighted by molar-refractivity contribution is 5.42. The number of allylic oxidation sites excluding steroid dienone is 3. The molecule has 1 aromatic rings. The Morgan fingerprint density at radius 1 is 1.26 bits per heavy atom. The Kier molecular flexibility index (Phi) is 5.56.